The minimum atomic E-state index is -4.30. The maximum atomic E-state index is 12.9. The van der Waals surface area contributed by atoms with Crippen LogP contribution in [0.1, 0.15) is 73.3 Å². The number of hydrogen-bond acceptors (Lipinski definition) is 5. The van der Waals surface area contributed by atoms with E-state index >= 15 is 0 Å². The SMILES string of the molecule is O=CNC[C@H]1O[C@@H](C2CCN(CCc3ccc(C(F)(F)F)cc3)CC2)Cc2c1ccc1c2OC2(CCCCC2)O1. The highest BCUT2D eigenvalue weighted by Gasteiger charge is 2.46. The molecule has 1 aliphatic carbocycles. The number of benzene rings is 2. The van der Waals surface area contributed by atoms with Crippen LogP contribution in [0.15, 0.2) is 36.4 Å². The Morgan fingerprint density at radius 2 is 1.75 bits per heavy atom. The van der Waals surface area contributed by atoms with Crippen molar-refractivity contribution < 1.29 is 32.2 Å². The largest absolute Gasteiger partial charge is 0.448 e. The molecule has 6 nitrogen and oxygen atoms in total. The molecule has 9 heteroatoms. The quantitative estimate of drug-likeness (QED) is 0.434. The van der Waals surface area contributed by atoms with Crippen molar-refractivity contribution in [2.24, 2.45) is 5.92 Å². The van der Waals surface area contributed by atoms with E-state index in [1.165, 1.54) is 6.42 Å². The lowest BCUT2D eigenvalue weighted by Crippen LogP contribution is -2.43. The molecule has 0 aromatic heterocycles. The summed E-state index contributed by atoms with van der Waals surface area (Å²) in [6.45, 7) is 3.07. The molecule has 2 atom stereocenters. The molecule has 4 aliphatic rings. The Bertz CT molecular complexity index is 1190. The summed E-state index contributed by atoms with van der Waals surface area (Å²) in [6, 6.07) is 9.55. The highest BCUT2D eigenvalue weighted by molar-refractivity contribution is 5.55. The van der Waals surface area contributed by atoms with E-state index in [1.54, 1.807) is 12.1 Å². The first-order valence-corrected chi connectivity index (χ1v) is 14.6. The molecule has 1 saturated carbocycles. The Morgan fingerprint density at radius 3 is 2.45 bits per heavy atom. The van der Waals surface area contributed by atoms with Crippen LogP contribution in [0.2, 0.25) is 0 Å². The van der Waals surface area contributed by atoms with Gasteiger partial charge in [0.1, 0.15) is 6.10 Å². The van der Waals surface area contributed by atoms with E-state index in [0.29, 0.717) is 18.9 Å². The Balaban J connectivity index is 1.10. The highest BCUT2D eigenvalue weighted by atomic mass is 19.4. The smallest absolute Gasteiger partial charge is 0.416 e. The third-order valence-corrected chi connectivity index (χ3v) is 9.09. The van der Waals surface area contributed by atoms with Crippen LogP contribution in [0.4, 0.5) is 13.2 Å². The molecule has 3 aliphatic heterocycles. The van der Waals surface area contributed by atoms with Crippen LogP contribution >= 0.6 is 0 Å². The maximum absolute atomic E-state index is 12.9. The molecular formula is C31H37F3N2O4. The number of piperidine rings is 1. The van der Waals surface area contributed by atoms with Crippen molar-refractivity contribution in [3.8, 4) is 11.5 Å². The summed E-state index contributed by atoms with van der Waals surface area (Å²) in [5, 5.41) is 2.81. The van der Waals surface area contributed by atoms with Crippen molar-refractivity contribution in [3.05, 3.63) is 58.7 Å². The Kier molecular flexibility index (Phi) is 7.70. The maximum Gasteiger partial charge on any atom is 0.416 e. The van der Waals surface area contributed by atoms with Gasteiger partial charge >= 0.3 is 6.18 Å². The van der Waals surface area contributed by atoms with E-state index in [2.05, 4.69) is 16.3 Å². The average Bonchev–Trinajstić information content (AvgIpc) is 3.32. The van der Waals surface area contributed by atoms with E-state index in [-0.39, 0.29) is 12.2 Å². The number of fused-ring (bicyclic) bond motifs is 3. The molecule has 2 fully saturated rings. The van der Waals surface area contributed by atoms with Crippen molar-refractivity contribution >= 4 is 6.41 Å². The van der Waals surface area contributed by atoms with Gasteiger partial charge in [0.25, 0.3) is 5.79 Å². The molecule has 1 spiro atoms. The van der Waals surface area contributed by atoms with Gasteiger partial charge in [0.15, 0.2) is 11.5 Å². The minimum Gasteiger partial charge on any atom is -0.448 e. The molecule has 40 heavy (non-hydrogen) atoms. The third kappa shape index (κ3) is 5.68. The summed E-state index contributed by atoms with van der Waals surface area (Å²) in [5.41, 5.74) is 2.53. The second-order valence-corrected chi connectivity index (χ2v) is 11.7. The highest BCUT2D eigenvalue weighted by Crippen LogP contribution is 2.51. The zero-order chi connectivity index (χ0) is 27.7. The third-order valence-electron chi connectivity index (χ3n) is 9.09. The molecular weight excluding hydrogens is 521 g/mol. The number of amides is 1. The number of halogens is 3. The average molecular weight is 559 g/mol. The lowest BCUT2D eigenvalue weighted by Gasteiger charge is -2.40. The fourth-order valence-electron chi connectivity index (χ4n) is 6.85. The lowest BCUT2D eigenvalue weighted by molar-refractivity contribution is -0.137. The summed E-state index contributed by atoms with van der Waals surface area (Å²) in [4.78, 5) is 13.5. The Labute approximate surface area is 233 Å². The van der Waals surface area contributed by atoms with Gasteiger partial charge in [0.05, 0.1) is 11.7 Å². The molecule has 2 aromatic carbocycles. The van der Waals surface area contributed by atoms with E-state index in [4.69, 9.17) is 14.2 Å². The zero-order valence-corrected chi connectivity index (χ0v) is 22.7. The van der Waals surface area contributed by atoms with Crippen LogP contribution in [0, 0.1) is 5.92 Å². The van der Waals surface area contributed by atoms with Crippen LogP contribution in [0.5, 0.6) is 11.5 Å². The van der Waals surface area contributed by atoms with Gasteiger partial charge in [-0.1, -0.05) is 24.6 Å². The van der Waals surface area contributed by atoms with Gasteiger partial charge in [-0.15, -0.1) is 0 Å². The second kappa shape index (κ2) is 11.2. The number of nitrogens with zero attached hydrogens (tertiary/aromatic N) is 1. The predicted octanol–water partition coefficient (Wildman–Crippen LogP) is 5.82. The fraction of sp³-hybridized carbons (Fsp3) is 0.581. The number of carbonyl (C=O) groups excluding carboxylic acids is 1. The molecule has 3 heterocycles. The molecule has 1 saturated heterocycles. The van der Waals surface area contributed by atoms with Crippen LogP contribution < -0.4 is 14.8 Å². The predicted molar refractivity (Wildman–Crippen MR) is 143 cm³/mol. The molecule has 0 unspecified atom stereocenters. The van der Waals surface area contributed by atoms with Crippen molar-refractivity contribution in [1.82, 2.24) is 10.2 Å². The topological polar surface area (TPSA) is 60.0 Å². The normalized spacial score (nSPS) is 24.6. The lowest BCUT2D eigenvalue weighted by atomic mass is 9.83. The number of rotatable bonds is 7. The van der Waals surface area contributed by atoms with Crippen molar-refractivity contribution in [3.63, 3.8) is 0 Å². The Hall–Kier alpha value is -2.78. The monoisotopic (exact) mass is 558 g/mol. The minimum absolute atomic E-state index is 0.0148. The zero-order valence-electron chi connectivity index (χ0n) is 22.7. The van der Waals surface area contributed by atoms with Crippen LogP contribution in [0.3, 0.4) is 0 Å². The van der Waals surface area contributed by atoms with E-state index in [1.807, 2.05) is 6.07 Å². The number of likely N-dealkylation sites (tertiary alicyclic amines) is 1. The summed E-state index contributed by atoms with van der Waals surface area (Å²) in [5.74, 6) is 1.51. The van der Waals surface area contributed by atoms with E-state index < -0.39 is 17.5 Å². The molecule has 2 aromatic rings. The number of carbonyl (C=O) groups is 1. The van der Waals surface area contributed by atoms with Gasteiger partial charge < -0.3 is 24.4 Å². The molecule has 0 radical (unpaired) electrons. The van der Waals surface area contributed by atoms with Crippen LogP contribution in [-0.4, -0.2) is 49.4 Å². The van der Waals surface area contributed by atoms with Gasteiger partial charge in [-0.3, -0.25) is 4.79 Å². The van der Waals surface area contributed by atoms with Gasteiger partial charge in [-0.05, 0) is 80.4 Å². The first-order valence-electron chi connectivity index (χ1n) is 14.6. The van der Waals surface area contributed by atoms with Crippen LogP contribution in [-0.2, 0) is 28.5 Å². The van der Waals surface area contributed by atoms with Gasteiger partial charge in [0.2, 0.25) is 6.41 Å². The van der Waals surface area contributed by atoms with E-state index in [9.17, 15) is 18.0 Å². The van der Waals surface area contributed by atoms with Gasteiger partial charge in [-0.2, -0.15) is 13.2 Å². The number of ether oxygens (including phenoxy) is 3. The number of alkyl halides is 3. The van der Waals surface area contributed by atoms with E-state index in [0.717, 1.165) is 111 Å². The van der Waals surface area contributed by atoms with Crippen molar-refractivity contribution in [1.29, 1.82) is 0 Å². The summed E-state index contributed by atoms with van der Waals surface area (Å²) in [6.07, 6.45) is 4.84. The van der Waals surface area contributed by atoms with Gasteiger partial charge in [-0.25, -0.2) is 0 Å². The summed E-state index contributed by atoms with van der Waals surface area (Å²) in [7, 11) is 0. The first kappa shape index (κ1) is 27.4. The van der Waals surface area contributed by atoms with Gasteiger partial charge in [0, 0.05) is 37.9 Å². The second-order valence-electron chi connectivity index (χ2n) is 11.7. The standard InChI is InChI=1S/C31H37F3N2O4/c32-31(33,34)23-6-4-21(5-7-23)10-15-36-16-11-22(12-17-36)27-18-25-24(28(38-27)19-35-20-37)8-9-26-29(25)40-30(39-26)13-2-1-3-14-30/h4-9,20,22,27-28H,1-3,10-19H2,(H,35,37)/t27-,28-/m1/s1. The first-order chi connectivity index (χ1) is 19.3. The summed E-state index contributed by atoms with van der Waals surface area (Å²) < 4.78 is 58.2. The number of hydrogen-bond donors (Lipinski definition) is 1. The Morgan fingerprint density at radius 1 is 1.00 bits per heavy atom. The summed E-state index contributed by atoms with van der Waals surface area (Å²) >= 11 is 0. The molecule has 1 amide bonds. The van der Waals surface area contributed by atoms with Crippen molar-refractivity contribution in [2.75, 3.05) is 26.2 Å². The van der Waals surface area contributed by atoms with Crippen molar-refractivity contribution in [2.45, 2.75) is 82.0 Å². The molecule has 0 bridgehead atoms. The molecule has 6 rings (SSSR count). The fourth-order valence-corrected chi connectivity index (χ4v) is 6.85. The molecule has 216 valence electrons. The molecule has 1 N–H and O–H groups in total. The number of nitrogens with one attached hydrogen (secondary N) is 1. The van der Waals surface area contributed by atoms with Crippen LogP contribution in [0.25, 0.3) is 0 Å².